The number of hydrogen-bond acceptors (Lipinski definition) is 6. The highest BCUT2D eigenvalue weighted by molar-refractivity contribution is 6.33. The first kappa shape index (κ1) is 27.6. The van der Waals surface area contributed by atoms with Crippen molar-refractivity contribution < 1.29 is 19.1 Å². The van der Waals surface area contributed by atoms with Gasteiger partial charge in [-0.05, 0) is 36.7 Å². The number of carbonyl (C=O) groups is 2. The van der Waals surface area contributed by atoms with E-state index < -0.39 is 0 Å². The number of amides is 2. The van der Waals surface area contributed by atoms with Gasteiger partial charge in [0, 0.05) is 52.3 Å². The number of rotatable bonds is 7. The van der Waals surface area contributed by atoms with Crippen LogP contribution in [0.15, 0.2) is 12.1 Å². The van der Waals surface area contributed by atoms with Crippen LogP contribution >= 0.6 is 11.6 Å². The number of ether oxygens (including phenoxy) is 2. The maximum Gasteiger partial charge on any atom is 0.255 e. The summed E-state index contributed by atoms with van der Waals surface area (Å²) in [6.07, 6.45) is 3.33. The lowest BCUT2D eigenvalue weighted by Gasteiger charge is -2.41. The average molecular weight is 509 g/mol. The van der Waals surface area contributed by atoms with Crippen molar-refractivity contribution in [2.24, 2.45) is 11.3 Å². The van der Waals surface area contributed by atoms with Gasteiger partial charge in [0.15, 0.2) is 0 Å². The molecule has 0 radical (unpaired) electrons. The summed E-state index contributed by atoms with van der Waals surface area (Å²) in [4.78, 5) is 30.0. The lowest BCUT2D eigenvalue weighted by molar-refractivity contribution is -0.134. The number of carbonyl (C=O) groups excluding carboxylic acids is 2. The molecule has 0 bridgehead atoms. The maximum atomic E-state index is 13.0. The van der Waals surface area contributed by atoms with Crippen LogP contribution in [0.4, 0.5) is 5.69 Å². The molecule has 35 heavy (non-hydrogen) atoms. The standard InChI is InChI=1S/C26H41ClN4O4/c1-26(2,3)14-24(32)31-10-6-17(7-11-31)15-30-9-8-21(23(16-30)35-5)29-25(33)18-12-19(27)20(28)13-22(18)34-4/h12-13,17,21,23H,6-11,14-16,28H2,1-5H3,(H,29,33). The third-order valence-corrected chi connectivity index (χ3v) is 7.32. The summed E-state index contributed by atoms with van der Waals surface area (Å²) in [7, 11) is 3.19. The number of nitrogen functional groups attached to an aromatic ring is 1. The van der Waals surface area contributed by atoms with Crippen LogP contribution in [0.2, 0.25) is 5.02 Å². The molecular weight excluding hydrogens is 468 g/mol. The van der Waals surface area contributed by atoms with Crippen molar-refractivity contribution in [3.8, 4) is 5.75 Å². The number of halogens is 1. The molecule has 2 aliphatic heterocycles. The van der Waals surface area contributed by atoms with E-state index >= 15 is 0 Å². The van der Waals surface area contributed by atoms with E-state index in [1.807, 2.05) is 4.90 Å². The summed E-state index contributed by atoms with van der Waals surface area (Å²) in [5.41, 5.74) is 6.59. The fourth-order valence-corrected chi connectivity index (χ4v) is 5.17. The van der Waals surface area contributed by atoms with Crippen LogP contribution in [-0.2, 0) is 9.53 Å². The maximum absolute atomic E-state index is 13.0. The highest BCUT2D eigenvalue weighted by Crippen LogP contribution is 2.29. The number of anilines is 1. The number of nitrogens with two attached hydrogens (primary N) is 1. The molecule has 2 amide bonds. The van der Waals surface area contributed by atoms with Gasteiger partial charge in [0.1, 0.15) is 5.75 Å². The van der Waals surface area contributed by atoms with E-state index in [9.17, 15) is 9.59 Å². The summed E-state index contributed by atoms with van der Waals surface area (Å²) in [6.45, 7) is 10.6. The first-order valence-corrected chi connectivity index (χ1v) is 12.8. The van der Waals surface area contributed by atoms with Crippen LogP contribution in [-0.4, -0.2) is 80.7 Å². The quantitative estimate of drug-likeness (QED) is 0.548. The van der Waals surface area contributed by atoms with Crippen molar-refractivity contribution in [3.05, 3.63) is 22.7 Å². The summed E-state index contributed by atoms with van der Waals surface area (Å²) in [5.74, 6) is 0.976. The molecule has 0 saturated carbocycles. The molecule has 0 spiro atoms. The Morgan fingerprint density at radius 1 is 1.14 bits per heavy atom. The summed E-state index contributed by atoms with van der Waals surface area (Å²) in [6, 6.07) is 3.00. The number of likely N-dealkylation sites (tertiary alicyclic amines) is 2. The topological polar surface area (TPSA) is 97.1 Å². The minimum atomic E-state index is -0.253. The van der Waals surface area contributed by atoms with Crippen LogP contribution in [0, 0.1) is 11.3 Å². The van der Waals surface area contributed by atoms with E-state index in [0.29, 0.717) is 34.4 Å². The van der Waals surface area contributed by atoms with E-state index in [-0.39, 0.29) is 29.4 Å². The molecular formula is C26H41ClN4O4. The van der Waals surface area contributed by atoms with Gasteiger partial charge >= 0.3 is 0 Å². The average Bonchev–Trinajstić information content (AvgIpc) is 2.80. The molecule has 196 valence electrons. The van der Waals surface area contributed by atoms with Gasteiger partial charge in [0.25, 0.3) is 5.91 Å². The molecule has 3 N–H and O–H groups in total. The van der Waals surface area contributed by atoms with E-state index in [4.69, 9.17) is 26.8 Å². The number of nitrogens with one attached hydrogen (secondary N) is 1. The molecule has 2 aliphatic rings. The lowest BCUT2D eigenvalue weighted by Crippen LogP contribution is -2.55. The molecule has 2 heterocycles. The van der Waals surface area contributed by atoms with Crippen LogP contribution < -0.4 is 15.8 Å². The Morgan fingerprint density at radius 3 is 2.43 bits per heavy atom. The highest BCUT2D eigenvalue weighted by Gasteiger charge is 2.33. The molecule has 2 unspecified atom stereocenters. The van der Waals surface area contributed by atoms with Crippen molar-refractivity contribution in [3.63, 3.8) is 0 Å². The van der Waals surface area contributed by atoms with E-state index in [1.54, 1.807) is 19.2 Å². The second-order valence-electron chi connectivity index (χ2n) is 11.0. The fraction of sp³-hybridized carbons (Fsp3) is 0.692. The SMILES string of the molecule is COc1cc(N)c(Cl)cc1C(=O)NC1CCN(CC2CCN(C(=O)CC(C)(C)C)CC2)CC1OC. The molecule has 0 aromatic heterocycles. The zero-order valence-electron chi connectivity index (χ0n) is 21.7. The Kier molecular flexibility index (Phi) is 9.29. The van der Waals surface area contributed by atoms with Gasteiger partial charge in [0.05, 0.1) is 35.5 Å². The predicted octanol–water partition coefficient (Wildman–Crippen LogP) is 3.42. The van der Waals surface area contributed by atoms with Crippen molar-refractivity contribution in [2.45, 2.75) is 58.6 Å². The number of methoxy groups -OCH3 is 2. The number of nitrogens with zero attached hydrogens (tertiary/aromatic N) is 2. The van der Waals surface area contributed by atoms with Crippen LogP contribution in [0.1, 0.15) is 56.8 Å². The highest BCUT2D eigenvalue weighted by atomic mass is 35.5. The Hall–Kier alpha value is -2.03. The molecule has 1 aromatic rings. The third kappa shape index (κ3) is 7.48. The molecule has 1 aromatic carbocycles. The van der Waals surface area contributed by atoms with Gasteiger partial charge in [-0.25, -0.2) is 0 Å². The zero-order valence-corrected chi connectivity index (χ0v) is 22.5. The monoisotopic (exact) mass is 508 g/mol. The van der Waals surface area contributed by atoms with Gasteiger partial charge in [-0.3, -0.25) is 9.59 Å². The van der Waals surface area contributed by atoms with Crippen molar-refractivity contribution in [1.82, 2.24) is 15.1 Å². The van der Waals surface area contributed by atoms with E-state index in [0.717, 1.165) is 52.0 Å². The van der Waals surface area contributed by atoms with Crippen LogP contribution in [0.5, 0.6) is 5.75 Å². The molecule has 3 rings (SSSR count). The third-order valence-electron chi connectivity index (χ3n) is 6.99. The first-order chi connectivity index (χ1) is 16.5. The van der Waals surface area contributed by atoms with Crippen LogP contribution in [0.25, 0.3) is 0 Å². The fourth-order valence-electron chi connectivity index (χ4n) is 5.01. The Balaban J connectivity index is 1.51. The Labute approximate surface area is 214 Å². The molecule has 9 heteroatoms. The number of piperidine rings is 2. The van der Waals surface area contributed by atoms with Gasteiger partial charge < -0.3 is 30.3 Å². The smallest absolute Gasteiger partial charge is 0.255 e. The lowest BCUT2D eigenvalue weighted by atomic mass is 9.90. The minimum absolute atomic E-state index is 0.0219. The molecule has 2 atom stereocenters. The Bertz CT molecular complexity index is 896. The molecule has 8 nitrogen and oxygen atoms in total. The Morgan fingerprint density at radius 2 is 1.83 bits per heavy atom. The van der Waals surface area contributed by atoms with Crippen molar-refractivity contribution in [2.75, 3.05) is 52.7 Å². The summed E-state index contributed by atoms with van der Waals surface area (Å²) in [5, 5.41) is 3.42. The van der Waals surface area contributed by atoms with Crippen molar-refractivity contribution >= 4 is 29.1 Å². The number of benzene rings is 1. The number of hydrogen-bond donors (Lipinski definition) is 2. The van der Waals surface area contributed by atoms with Crippen LogP contribution in [0.3, 0.4) is 0 Å². The predicted molar refractivity (Wildman–Crippen MR) is 139 cm³/mol. The largest absolute Gasteiger partial charge is 0.496 e. The normalized spacial score (nSPS) is 22.2. The minimum Gasteiger partial charge on any atom is -0.496 e. The second-order valence-corrected chi connectivity index (χ2v) is 11.4. The van der Waals surface area contributed by atoms with E-state index in [2.05, 4.69) is 31.0 Å². The summed E-state index contributed by atoms with van der Waals surface area (Å²) < 4.78 is 11.1. The first-order valence-electron chi connectivity index (χ1n) is 12.5. The van der Waals surface area contributed by atoms with Crippen molar-refractivity contribution in [1.29, 1.82) is 0 Å². The zero-order chi connectivity index (χ0) is 25.8. The van der Waals surface area contributed by atoms with Gasteiger partial charge in [-0.15, -0.1) is 0 Å². The second kappa shape index (κ2) is 11.8. The van der Waals surface area contributed by atoms with E-state index in [1.165, 1.54) is 7.11 Å². The molecule has 2 saturated heterocycles. The summed E-state index contributed by atoms with van der Waals surface area (Å²) >= 11 is 6.14. The van der Waals surface area contributed by atoms with Gasteiger partial charge in [-0.2, -0.15) is 0 Å². The molecule has 2 fully saturated rings. The van der Waals surface area contributed by atoms with Gasteiger partial charge in [-0.1, -0.05) is 32.4 Å². The van der Waals surface area contributed by atoms with Gasteiger partial charge in [0.2, 0.25) is 5.91 Å². The molecule has 0 aliphatic carbocycles.